The van der Waals surface area contributed by atoms with E-state index >= 15 is 0 Å². The van der Waals surface area contributed by atoms with Crippen LogP contribution >= 0.6 is 0 Å². The summed E-state index contributed by atoms with van der Waals surface area (Å²) in [5.74, 6) is 1.55. The zero-order chi connectivity index (χ0) is 21.5. The Morgan fingerprint density at radius 2 is 1.86 bits per heavy atom. The van der Waals surface area contributed by atoms with Gasteiger partial charge in [0.05, 0.1) is 23.7 Å². The van der Waals surface area contributed by atoms with Gasteiger partial charge in [-0.15, -0.1) is 0 Å². The summed E-state index contributed by atoms with van der Waals surface area (Å²) < 4.78 is 29.4. The summed E-state index contributed by atoms with van der Waals surface area (Å²) in [4.78, 5) is 6.71. The molecule has 0 spiro atoms. The molecule has 0 saturated carbocycles. The van der Waals surface area contributed by atoms with Crippen LogP contribution in [0.4, 0.5) is 0 Å². The molecule has 8 heteroatoms. The highest BCUT2D eigenvalue weighted by Crippen LogP contribution is 2.31. The summed E-state index contributed by atoms with van der Waals surface area (Å²) in [5, 5.41) is 6.50. The van der Waals surface area contributed by atoms with Gasteiger partial charge in [-0.3, -0.25) is 9.89 Å². The molecule has 2 rings (SSSR count). The van der Waals surface area contributed by atoms with E-state index in [1.54, 1.807) is 34.9 Å². The Morgan fingerprint density at radius 3 is 2.45 bits per heavy atom. The largest absolute Gasteiger partial charge is 0.496 e. The molecule has 0 amide bonds. The van der Waals surface area contributed by atoms with Crippen molar-refractivity contribution in [3.05, 3.63) is 29.8 Å². The second-order valence-electron chi connectivity index (χ2n) is 8.31. The van der Waals surface area contributed by atoms with Gasteiger partial charge in [0.2, 0.25) is 0 Å². The zero-order valence-electron chi connectivity index (χ0n) is 18.4. The van der Waals surface area contributed by atoms with Crippen molar-refractivity contribution in [1.82, 2.24) is 15.5 Å². The first kappa shape index (κ1) is 23.5. The summed E-state index contributed by atoms with van der Waals surface area (Å²) in [5.41, 5.74) is 1.15. The fourth-order valence-electron chi connectivity index (χ4n) is 3.45. The standard InChI is InChI=1S/C21H36N4O3S/c1-21(2,3)29(26,27)15-12-23-20(22-4)24-16-18(25-13-8-9-14-25)17-10-6-7-11-19(17)28-5/h6-7,10-11,18H,8-9,12-16H2,1-5H3,(H2,22,23,24). The lowest BCUT2D eigenvalue weighted by atomic mass is 10.0. The number of benzene rings is 1. The van der Waals surface area contributed by atoms with Crippen molar-refractivity contribution in [3.63, 3.8) is 0 Å². The van der Waals surface area contributed by atoms with Crippen molar-refractivity contribution in [2.24, 2.45) is 4.99 Å². The molecule has 164 valence electrons. The molecule has 0 aliphatic carbocycles. The lowest BCUT2D eigenvalue weighted by Crippen LogP contribution is -2.44. The molecular formula is C21H36N4O3S. The van der Waals surface area contributed by atoms with E-state index in [1.807, 2.05) is 18.2 Å². The number of nitrogens with zero attached hydrogens (tertiary/aromatic N) is 2. The molecule has 0 bridgehead atoms. The van der Waals surface area contributed by atoms with Crippen LogP contribution in [0, 0.1) is 0 Å². The predicted molar refractivity (Wildman–Crippen MR) is 119 cm³/mol. The molecule has 1 heterocycles. The van der Waals surface area contributed by atoms with Crippen LogP contribution in [0.25, 0.3) is 0 Å². The number of sulfone groups is 1. The van der Waals surface area contributed by atoms with Crippen LogP contribution in [-0.4, -0.2) is 70.1 Å². The third kappa shape index (κ3) is 6.34. The number of nitrogens with one attached hydrogen (secondary N) is 2. The van der Waals surface area contributed by atoms with Crippen LogP contribution in [-0.2, 0) is 9.84 Å². The number of hydrogen-bond donors (Lipinski definition) is 2. The molecule has 1 aromatic carbocycles. The van der Waals surface area contributed by atoms with E-state index in [2.05, 4.69) is 26.6 Å². The number of guanidine groups is 1. The summed E-state index contributed by atoms with van der Waals surface area (Å²) in [6, 6.07) is 8.27. The molecule has 1 aliphatic heterocycles. The van der Waals surface area contributed by atoms with Crippen LogP contribution in [0.1, 0.15) is 45.2 Å². The topological polar surface area (TPSA) is 83.0 Å². The minimum absolute atomic E-state index is 0.0687. The lowest BCUT2D eigenvalue weighted by molar-refractivity contribution is 0.239. The molecule has 1 aliphatic rings. The first-order valence-corrected chi connectivity index (χ1v) is 11.9. The van der Waals surface area contributed by atoms with E-state index in [0.717, 1.165) is 24.4 Å². The minimum Gasteiger partial charge on any atom is -0.496 e. The molecule has 1 fully saturated rings. The Labute approximate surface area is 175 Å². The number of rotatable bonds is 8. The molecule has 1 atom stereocenters. The van der Waals surface area contributed by atoms with Gasteiger partial charge in [0, 0.05) is 25.7 Å². The summed E-state index contributed by atoms with van der Waals surface area (Å²) in [6.07, 6.45) is 2.40. The van der Waals surface area contributed by atoms with E-state index in [9.17, 15) is 8.42 Å². The number of hydrogen-bond acceptors (Lipinski definition) is 5. The molecule has 29 heavy (non-hydrogen) atoms. The molecular weight excluding hydrogens is 388 g/mol. The number of aliphatic imine (C=N–C) groups is 1. The van der Waals surface area contributed by atoms with Crippen molar-refractivity contribution in [3.8, 4) is 5.75 Å². The highest BCUT2D eigenvalue weighted by atomic mass is 32.2. The lowest BCUT2D eigenvalue weighted by Gasteiger charge is -2.30. The van der Waals surface area contributed by atoms with Crippen LogP contribution in [0.2, 0.25) is 0 Å². The molecule has 7 nitrogen and oxygen atoms in total. The number of ether oxygens (including phenoxy) is 1. The van der Waals surface area contributed by atoms with Crippen molar-refractivity contribution in [2.75, 3.05) is 46.1 Å². The number of para-hydroxylation sites is 1. The summed E-state index contributed by atoms with van der Waals surface area (Å²) in [6.45, 7) is 8.27. The highest BCUT2D eigenvalue weighted by Gasteiger charge is 2.29. The second kappa shape index (κ2) is 10.3. The van der Waals surface area contributed by atoms with Crippen LogP contribution in [0.5, 0.6) is 5.75 Å². The van der Waals surface area contributed by atoms with Gasteiger partial charge in [0.1, 0.15) is 5.75 Å². The normalized spacial score (nSPS) is 17.2. The molecule has 1 aromatic rings. The van der Waals surface area contributed by atoms with Crippen molar-refractivity contribution in [1.29, 1.82) is 0 Å². The van der Waals surface area contributed by atoms with E-state index in [-0.39, 0.29) is 11.8 Å². The first-order chi connectivity index (χ1) is 13.7. The van der Waals surface area contributed by atoms with Gasteiger partial charge >= 0.3 is 0 Å². The molecule has 0 aromatic heterocycles. The van der Waals surface area contributed by atoms with Crippen LogP contribution in [0.15, 0.2) is 29.3 Å². The Kier molecular flexibility index (Phi) is 8.34. The van der Waals surface area contributed by atoms with Crippen molar-refractivity contribution < 1.29 is 13.2 Å². The third-order valence-corrected chi connectivity index (χ3v) is 7.97. The molecule has 1 saturated heterocycles. The van der Waals surface area contributed by atoms with Gasteiger partial charge in [-0.25, -0.2) is 8.42 Å². The van der Waals surface area contributed by atoms with E-state index in [4.69, 9.17) is 4.74 Å². The van der Waals surface area contributed by atoms with Crippen LogP contribution in [0.3, 0.4) is 0 Å². The van der Waals surface area contributed by atoms with Crippen molar-refractivity contribution >= 4 is 15.8 Å². The molecule has 0 radical (unpaired) electrons. The fraction of sp³-hybridized carbons (Fsp3) is 0.667. The van der Waals surface area contributed by atoms with Gasteiger partial charge in [0.15, 0.2) is 15.8 Å². The van der Waals surface area contributed by atoms with E-state index in [0.29, 0.717) is 19.0 Å². The predicted octanol–water partition coefficient (Wildman–Crippen LogP) is 2.21. The highest BCUT2D eigenvalue weighted by molar-refractivity contribution is 7.92. The SMILES string of the molecule is CN=C(NCCS(=O)(=O)C(C)(C)C)NCC(c1ccccc1OC)N1CCCC1. The van der Waals surface area contributed by atoms with E-state index < -0.39 is 14.6 Å². The number of likely N-dealkylation sites (tertiary alicyclic amines) is 1. The maximum Gasteiger partial charge on any atom is 0.191 e. The minimum atomic E-state index is -3.17. The summed E-state index contributed by atoms with van der Waals surface area (Å²) in [7, 11) is 0.226. The molecule has 2 N–H and O–H groups in total. The fourth-order valence-corrected chi connectivity index (χ4v) is 4.44. The maximum absolute atomic E-state index is 12.3. The van der Waals surface area contributed by atoms with Gasteiger partial charge in [0.25, 0.3) is 0 Å². The average molecular weight is 425 g/mol. The van der Waals surface area contributed by atoms with Gasteiger partial charge in [-0.05, 0) is 52.8 Å². The van der Waals surface area contributed by atoms with Gasteiger partial charge < -0.3 is 15.4 Å². The monoisotopic (exact) mass is 424 g/mol. The van der Waals surface area contributed by atoms with Gasteiger partial charge in [-0.1, -0.05) is 18.2 Å². The Morgan fingerprint density at radius 1 is 1.21 bits per heavy atom. The van der Waals surface area contributed by atoms with E-state index in [1.165, 1.54) is 12.8 Å². The Balaban J connectivity index is 2.02. The molecule has 1 unspecified atom stereocenters. The third-order valence-electron chi connectivity index (χ3n) is 5.36. The number of methoxy groups -OCH3 is 1. The maximum atomic E-state index is 12.3. The average Bonchev–Trinajstić information content (AvgIpc) is 3.20. The second-order valence-corrected chi connectivity index (χ2v) is 11.2. The quantitative estimate of drug-likeness (QED) is 0.492. The first-order valence-electron chi connectivity index (χ1n) is 10.2. The van der Waals surface area contributed by atoms with Crippen molar-refractivity contribution in [2.45, 2.75) is 44.4 Å². The Bertz CT molecular complexity index is 781. The smallest absolute Gasteiger partial charge is 0.191 e. The van der Waals surface area contributed by atoms with Crippen LogP contribution < -0.4 is 15.4 Å². The zero-order valence-corrected chi connectivity index (χ0v) is 19.2. The van der Waals surface area contributed by atoms with Gasteiger partial charge in [-0.2, -0.15) is 0 Å². The Hall–Kier alpha value is -1.80. The summed E-state index contributed by atoms with van der Waals surface area (Å²) >= 11 is 0.